The molecule has 202 valence electrons. The maximum atomic E-state index is 13.5. The van der Waals surface area contributed by atoms with Crippen LogP contribution in [0.5, 0.6) is 11.5 Å². The van der Waals surface area contributed by atoms with Crippen LogP contribution in [0.3, 0.4) is 0 Å². The van der Waals surface area contributed by atoms with Crippen molar-refractivity contribution in [2.24, 2.45) is 5.92 Å². The number of nitrogen functional groups attached to an aromatic ring is 1. The van der Waals surface area contributed by atoms with E-state index in [9.17, 15) is 15.0 Å². The minimum absolute atomic E-state index is 0.0542. The first-order valence-corrected chi connectivity index (χ1v) is 14.1. The highest BCUT2D eigenvalue weighted by Crippen LogP contribution is 2.59. The van der Waals surface area contributed by atoms with Crippen molar-refractivity contribution in [1.82, 2.24) is 9.80 Å². The molecule has 4 N–H and O–H groups in total. The molecule has 38 heavy (non-hydrogen) atoms. The number of likely N-dealkylation sites (N-methyl/N-ethyl adjacent to an activating group) is 1. The molecule has 1 amide bonds. The lowest BCUT2D eigenvalue weighted by atomic mass is 9.60. The molecule has 1 saturated carbocycles. The second-order valence-corrected chi connectivity index (χ2v) is 11.8. The van der Waals surface area contributed by atoms with Crippen molar-refractivity contribution in [3.63, 3.8) is 0 Å². The number of hydrogen-bond donors (Lipinski definition) is 3. The molecule has 2 aromatic rings. The molecule has 2 aliphatic carbocycles. The smallest absolute Gasteiger partial charge is 0.246 e. The Hall–Kier alpha value is -3.03. The highest BCUT2D eigenvalue weighted by Gasteiger charge is 2.59. The van der Waals surface area contributed by atoms with E-state index in [0.29, 0.717) is 30.3 Å². The lowest BCUT2D eigenvalue weighted by Gasteiger charge is -2.52. The van der Waals surface area contributed by atoms with Crippen LogP contribution in [0.15, 0.2) is 42.5 Å². The molecule has 4 atom stereocenters. The zero-order valence-corrected chi connectivity index (χ0v) is 22.2. The summed E-state index contributed by atoms with van der Waals surface area (Å²) < 4.78 is 6.69. The molecule has 7 nitrogen and oxygen atoms in total. The fourth-order valence-corrected chi connectivity index (χ4v) is 7.23. The van der Waals surface area contributed by atoms with E-state index in [2.05, 4.69) is 11.0 Å². The van der Waals surface area contributed by atoms with Gasteiger partial charge in [-0.2, -0.15) is 0 Å². The van der Waals surface area contributed by atoms with E-state index < -0.39 is 0 Å². The van der Waals surface area contributed by atoms with E-state index in [0.717, 1.165) is 42.9 Å². The van der Waals surface area contributed by atoms with Crippen LogP contribution in [0, 0.1) is 5.92 Å². The quantitative estimate of drug-likeness (QED) is 0.346. The van der Waals surface area contributed by atoms with Crippen molar-refractivity contribution in [1.29, 1.82) is 0 Å². The number of aliphatic hydroxyl groups excluding tert-OH is 1. The molecule has 1 unspecified atom stereocenters. The van der Waals surface area contributed by atoms with Gasteiger partial charge < -0.3 is 25.6 Å². The Balaban J connectivity index is 1.32. The summed E-state index contributed by atoms with van der Waals surface area (Å²) >= 11 is 0. The number of aromatic hydroxyl groups is 1. The van der Waals surface area contributed by atoms with Crippen LogP contribution in [-0.4, -0.2) is 70.9 Å². The number of benzene rings is 2. The van der Waals surface area contributed by atoms with Crippen LogP contribution in [-0.2, 0) is 16.6 Å². The van der Waals surface area contributed by atoms with Crippen LogP contribution in [0.4, 0.5) is 5.69 Å². The molecule has 2 fully saturated rings. The number of rotatable bonds is 9. The van der Waals surface area contributed by atoms with Crippen LogP contribution >= 0.6 is 0 Å². The number of phenols is 1. The number of nitrogens with two attached hydrogens (primary N) is 1. The highest BCUT2D eigenvalue weighted by atomic mass is 16.5. The molecule has 6 rings (SSSR count). The first kappa shape index (κ1) is 25.3. The van der Waals surface area contributed by atoms with Gasteiger partial charge in [-0.3, -0.25) is 9.69 Å². The lowest BCUT2D eigenvalue weighted by molar-refractivity contribution is -0.130. The number of phenolic OH excluding ortho intramolecular Hbond substituents is 1. The zero-order chi connectivity index (χ0) is 26.4. The summed E-state index contributed by atoms with van der Waals surface area (Å²) in [5, 5.41) is 20.6. The number of nitrogens with zero attached hydrogens (tertiary/aromatic N) is 2. The van der Waals surface area contributed by atoms with Gasteiger partial charge in [0, 0.05) is 49.0 Å². The number of ether oxygens (including phenoxy) is 1. The number of amides is 1. The number of likely N-dealkylation sites (tertiary alicyclic amines) is 1. The number of hydrogen-bond acceptors (Lipinski definition) is 6. The van der Waals surface area contributed by atoms with Crippen LogP contribution in [0.1, 0.15) is 55.2 Å². The van der Waals surface area contributed by atoms with Gasteiger partial charge in [0.05, 0.1) is 6.04 Å². The average Bonchev–Trinajstić information content (AvgIpc) is 3.67. The monoisotopic (exact) mass is 517 g/mol. The van der Waals surface area contributed by atoms with E-state index >= 15 is 0 Å². The van der Waals surface area contributed by atoms with Crippen molar-refractivity contribution in [3.05, 3.63) is 59.2 Å². The molecule has 4 aliphatic rings. The van der Waals surface area contributed by atoms with E-state index in [1.165, 1.54) is 24.9 Å². The van der Waals surface area contributed by atoms with E-state index in [1.807, 2.05) is 31.3 Å². The second-order valence-electron chi connectivity index (χ2n) is 11.8. The SMILES string of the molecule is CN(C(=O)/C=C/c1cccc(N)c1)C(CCCO)[C@@H]1Oc2c(O)ccc3c2[C@@]12CCN(CC1CC1)[C@H](C3)C2. The molecule has 2 bridgehead atoms. The molecular formula is C31H39N3O4. The third kappa shape index (κ3) is 4.46. The Bertz CT molecular complexity index is 1240. The maximum absolute atomic E-state index is 13.5. The largest absolute Gasteiger partial charge is 0.504 e. The maximum Gasteiger partial charge on any atom is 0.246 e. The van der Waals surface area contributed by atoms with Gasteiger partial charge in [0.1, 0.15) is 6.10 Å². The molecule has 1 saturated heterocycles. The van der Waals surface area contributed by atoms with Crippen molar-refractivity contribution in [2.75, 3.05) is 32.5 Å². The predicted octanol–water partition coefficient (Wildman–Crippen LogP) is 3.72. The van der Waals surface area contributed by atoms with Crippen LogP contribution in [0.25, 0.3) is 6.08 Å². The topological polar surface area (TPSA) is 99.3 Å². The van der Waals surface area contributed by atoms with Gasteiger partial charge in [0.15, 0.2) is 11.5 Å². The summed E-state index contributed by atoms with van der Waals surface area (Å²) in [6.07, 6.45) is 9.88. The highest BCUT2D eigenvalue weighted by molar-refractivity contribution is 5.92. The third-order valence-corrected chi connectivity index (χ3v) is 9.30. The van der Waals surface area contributed by atoms with Crippen molar-refractivity contribution < 1.29 is 19.7 Å². The van der Waals surface area contributed by atoms with Gasteiger partial charge in [-0.25, -0.2) is 0 Å². The number of piperidine rings is 1. The lowest BCUT2D eigenvalue weighted by Crippen LogP contribution is -2.61. The summed E-state index contributed by atoms with van der Waals surface area (Å²) in [5.41, 5.74) is 9.61. The fourth-order valence-electron chi connectivity index (χ4n) is 7.23. The second kappa shape index (κ2) is 9.93. The summed E-state index contributed by atoms with van der Waals surface area (Å²) in [7, 11) is 1.83. The van der Waals surface area contributed by atoms with Crippen molar-refractivity contribution in [3.8, 4) is 11.5 Å². The summed E-state index contributed by atoms with van der Waals surface area (Å²) in [4.78, 5) is 17.9. The first-order chi connectivity index (χ1) is 18.4. The van der Waals surface area contributed by atoms with Gasteiger partial charge in [-0.05, 0) is 92.8 Å². The van der Waals surface area contributed by atoms with Gasteiger partial charge >= 0.3 is 0 Å². The molecule has 7 heteroatoms. The van der Waals surface area contributed by atoms with Crippen LogP contribution in [0.2, 0.25) is 0 Å². The van der Waals surface area contributed by atoms with Gasteiger partial charge in [-0.15, -0.1) is 0 Å². The molecule has 2 aliphatic heterocycles. The molecule has 1 spiro atoms. The molecular weight excluding hydrogens is 478 g/mol. The minimum Gasteiger partial charge on any atom is -0.504 e. The summed E-state index contributed by atoms with van der Waals surface area (Å²) in [5.74, 6) is 1.51. The molecule has 0 radical (unpaired) electrons. The van der Waals surface area contributed by atoms with E-state index in [4.69, 9.17) is 10.5 Å². The Labute approximate surface area is 224 Å². The standard InChI is InChI=1S/C31H39N3O4/c1-33(27(37)12-9-20-4-2-5-23(32)16-20)25(6-3-15-35)30-31-13-14-34(19-21-7-8-21)24(18-31)17-22-10-11-26(36)29(38-30)28(22)31/h2,4-5,9-12,16,21,24-25,30,35-36H,3,6-8,13-15,17-19,32H2,1H3/b12-9+/t24-,25?,30+,31+/m1/s1. The van der Waals surface area contributed by atoms with E-state index in [-0.39, 0.29) is 35.8 Å². The number of carbonyl (C=O) groups is 1. The number of fused-ring (bicyclic) bond motifs is 1. The predicted molar refractivity (Wildman–Crippen MR) is 148 cm³/mol. The normalized spacial score (nSPS) is 26.7. The summed E-state index contributed by atoms with van der Waals surface area (Å²) in [6, 6.07) is 11.5. The van der Waals surface area contributed by atoms with Gasteiger partial charge in [0.25, 0.3) is 0 Å². The fraction of sp³-hybridized carbons (Fsp3) is 0.516. The van der Waals surface area contributed by atoms with Gasteiger partial charge in [0.2, 0.25) is 5.91 Å². The Morgan fingerprint density at radius 3 is 2.92 bits per heavy atom. The van der Waals surface area contributed by atoms with Crippen LogP contribution < -0.4 is 10.5 Å². The number of aliphatic hydroxyl groups is 1. The van der Waals surface area contributed by atoms with E-state index in [1.54, 1.807) is 23.1 Å². The van der Waals surface area contributed by atoms with Crippen molar-refractivity contribution in [2.45, 2.75) is 68.5 Å². The van der Waals surface area contributed by atoms with Crippen molar-refractivity contribution >= 4 is 17.7 Å². The minimum atomic E-state index is -0.281. The zero-order valence-electron chi connectivity index (χ0n) is 22.2. The van der Waals surface area contributed by atoms with Gasteiger partial charge in [-0.1, -0.05) is 18.2 Å². The number of anilines is 1. The molecule has 2 heterocycles. The Morgan fingerprint density at radius 2 is 2.16 bits per heavy atom. The number of carbonyl (C=O) groups excluding carboxylic acids is 1. The first-order valence-electron chi connectivity index (χ1n) is 14.1. The molecule has 2 aromatic carbocycles. The summed E-state index contributed by atoms with van der Waals surface area (Å²) in [6.45, 7) is 2.24. The Kier molecular flexibility index (Phi) is 6.60. The average molecular weight is 518 g/mol. The Morgan fingerprint density at radius 1 is 1.32 bits per heavy atom. The molecule has 0 aromatic heterocycles. The third-order valence-electron chi connectivity index (χ3n) is 9.30.